The average molecular weight is 401 g/mol. The van der Waals surface area contributed by atoms with Crippen LogP contribution in [0.5, 0.6) is 0 Å². The smallest absolute Gasteiger partial charge is 0.243 e. The van der Waals surface area contributed by atoms with Crippen molar-refractivity contribution in [2.75, 3.05) is 31.1 Å². The second-order valence-electron chi connectivity index (χ2n) is 8.39. The molecule has 1 saturated heterocycles. The highest BCUT2D eigenvalue weighted by Gasteiger charge is 2.29. The first-order valence-corrected chi connectivity index (χ1v) is 11.5. The summed E-state index contributed by atoms with van der Waals surface area (Å²) >= 11 is 0. The molecule has 1 fully saturated rings. The maximum atomic E-state index is 13.1. The SMILES string of the molecule is CCC(C)(C)c1ccc(S(=O)(=O)N2CCN(c3c(C)cccc3C)CC2)cc1. The molecule has 0 radical (unpaired) electrons. The third-order valence-corrected chi connectivity index (χ3v) is 8.06. The fourth-order valence-corrected chi connectivity index (χ4v) is 5.31. The Balaban J connectivity index is 1.75. The second-order valence-corrected chi connectivity index (χ2v) is 10.3. The van der Waals surface area contributed by atoms with Crippen molar-refractivity contribution in [3.05, 3.63) is 59.2 Å². The van der Waals surface area contributed by atoms with Crippen molar-refractivity contribution in [2.45, 2.75) is 51.3 Å². The topological polar surface area (TPSA) is 40.6 Å². The monoisotopic (exact) mass is 400 g/mol. The van der Waals surface area contributed by atoms with Crippen LogP contribution in [0.25, 0.3) is 0 Å². The number of piperazine rings is 1. The normalized spacial score (nSPS) is 16.4. The van der Waals surface area contributed by atoms with Gasteiger partial charge in [0.1, 0.15) is 0 Å². The van der Waals surface area contributed by atoms with Crippen molar-refractivity contribution in [1.82, 2.24) is 4.31 Å². The van der Waals surface area contributed by atoms with Crippen LogP contribution in [0.1, 0.15) is 43.9 Å². The molecule has 0 aromatic heterocycles. The molecule has 4 nitrogen and oxygen atoms in total. The standard InChI is InChI=1S/C23H32N2O2S/c1-6-23(4,5)20-10-12-21(13-11-20)28(26,27)25-16-14-24(15-17-25)22-18(2)8-7-9-19(22)3/h7-13H,6,14-17H2,1-5H3. The van der Waals surface area contributed by atoms with E-state index in [1.165, 1.54) is 22.4 Å². The maximum Gasteiger partial charge on any atom is 0.243 e. The number of sulfonamides is 1. The first kappa shape index (κ1) is 20.9. The molecular weight excluding hydrogens is 368 g/mol. The third kappa shape index (κ3) is 3.96. The molecule has 3 rings (SSSR count). The number of hydrogen-bond acceptors (Lipinski definition) is 3. The minimum atomic E-state index is -3.45. The van der Waals surface area contributed by atoms with Crippen LogP contribution < -0.4 is 4.90 Å². The first-order chi connectivity index (χ1) is 13.2. The van der Waals surface area contributed by atoms with Crippen LogP contribution in [0.2, 0.25) is 0 Å². The van der Waals surface area contributed by atoms with E-state index in [-0.39, 0.29) is 5.41 Å². The summed E-state index contributed by atoms with van der Waals surface area (Å²) in [5.74, 6) is 0. The highest BCUT2D eigenvalue weighted by Crippen LogP contribution is 2.29. The van der Waals surface area contributed by atoms with E-state index in [2.05, 4.69) is 57.7 Å². The van der Waals surface area contributed by atoms with E-state index in [1.54, 1.807) is 16.4 Å². The number of aryl methyl sites for hydroxylation is 2. The molecule has 0 spiro atoms. The molecule has 0 N–H and O–H groups in total. The molecule has 0 atom stereocenters. The van der Waals surface area contributed by atoms with E-state index in [4.69, 9.17) is 0 Å². The fraction of sp³-hybridized carbons (Fsp3) is 0.478. The largest absolute Gasteiger partial charge is 0.368 e. The summed E-state index contributed by atoms with van der Waals surface area (Å²) in [5.41, 5.74) is 4.95. The molecule has 0 saturated carbocycles. The summed E-state index contributed by atoms with van der Waals surface area (Å²) < 4.78 is 27.8. The molecule has 1 aliphatic rings. The van der Waals surface area contributed by atoms with Gasteiger partial charge in [-0.05, 0) is 54.5 Å². The molecule has 1 heterocycles. The lowest BCUT2D eigenvalue weighted by molar-refractivity contribution is 0.384. The number of rotatable bonds is 5. The molecule has 1 aliphatic heterocycles. The Bertz CT molecular complexity index is 905. The Morgan fingerprint density at radius 3 is 1.93 bits per heavy atom. The molecule has 0 aliphatic carbocycles. The van der Waals surface area contributed by atoms with Crippen molar-refractivity contribution in [1.29, 1.82) is 0 Å². The Morgan fingerprint density at radius 2 is 1.43 bits per heavy atom. The lowest BCUT2D eigenvalue weighted by atomic mass is 9.82. The second kappa shape index (κ2) is 7.88. The van der Waals surface area contributed by atoms with Crippen molar-refractivity contribution >= 4 is 15.7 Å². The van der Waals surface area contributed by atoms with Crippen LogP contribution in [-0.2, 0) is 15.4 Å². The van der Waals surface area contributed by atoms with Gasteiger partial charge in [0.15, 0.2) is 0 Å². The first-order valence-electron chi connectivity index (χ1n) is 10.1. The highest BCUT2D eigenvalue weighted by atomic mass is 32.2. The molecule has 2 aromatic rings. The van der Waals surface area contributed by atoms with Crippen molar-refractivity contribution < 1.29 is 8.42 Å². The highest BCUT2D eigenvalue weighted by molar-refractivity contribution is 7.89. The summed E-state index contributed by atoms with van der Waals surface area (Å²) in [4.78, 5) is 2.70. The maximum absolute atomic E-state index is 13.1. The van der Waals surface area contributed by atoms with Crippen LogP contribution in [0, 0.1) is 13.8 Å². The molecule has 2 aromatic carbocycles. The van der Waals surface area contributed by atoms with E-state index < -0.39 is 10.0 Å². The van der Waals surface area contributed by atoms with Gasteiger partial charge in [0.25, 0.3) is 0 Å². The number of anilines is 1. The van der Waals surface area contributed by atoms with Crippen LogP contribution in [0.15, 0.2) is 47.4 Å². The minimum absolute atomic E-state index is 0.0549. The van der Waals surface area contributed by atoms with Crippen LogP contribution in [0.4, 0.5) is 5.69 Å². The molecule has 0 unspecified atom stereocenters. The Kier molecular flexibility index (Phi) is 5.87. The van der Waals surface area contributed by atoms with E-state index in [1.807, 2.05) is 12.1 Å². The van der Waals surface area contributed by atoms with Gasteiger partial charge in [-0.3, -0.25) is 0 Å². The van der Waals surface area contributed by atoms with Gasteiger partial charge in [-0.1, -0.05) is 51.1 Å². The number of hydrogen-bond donors (Lipinski definition) is 0. The Morgan fingerprint density at radius 1 is 0.893 bits per heavy atom. The number of para-hydroxylation sites is 1. The van der Waals surface area contributed by atoms with E-state index in [0.29, 0.717) is 31.1 Å². The zero-order valence-electron chi connectivity index (χ0n) is 17.7. The summed E-state index contributed by atoms with van der Waals surface area (Å²) in [5, 5.41) is 0. The van der Waals surface area contributed by atoms with Gasteiger partial charge >= 0.3 is 0 Å². The average Bonchev–Trinajstić information content (AvgIpc) is 2.68. The molecule has 152 valence electrons. The van der Waals surface area contributed by atoms with Gasteiger partial charge in [-0.15, -0.1) is 0 Å². The molecule has 5 heteroatoms. The van der Waals surface area contributed by atoms with E-state index in [0.717, 1.165) is 6.42 Å². The molecular formula is C23H32N2O2S. The number of nitrogens with zero attached hydrogens (tertiary/aromatic N) is 2. The summed E-state index contributed by atoms with van der Waals surface area (Å²) in [6, 6.07) is 13.8. The zero-order chi connectivity index (χ0) is 20.5. The number of benzene rings is 2. The van der Waals surface area contributed by atoms with Gasteiger partial charge in [0.2, 0.25) is 10.0 Å². The van der Waals surface area contributed by atoms with Crippen LogP contribution >= 0.6 is 0 Å². The lowest BCUT2D eigenvalue weighted by Crippen LogP contribution is -2.49. The van der Waals surface area contributed by atoms with Crippen molar-refractivity contribution in [3.63, 3.8) is 0 Å². The van der Waals surface area contributed by atoms with Gasteiger partial charge in [0, 0.05) is 31.9 Å². The summed E-state index contributed by atoms with van der Waals surface area (Å²) in [6.07, 6.45) is 1.01. The van der Waals surface area contributed by atoms with Crippen LogP contribution in [-0.4, -0.2) is 38.9 Å². The Hall–Kier alpha value is -1.85. The van der Waals surface area contributed by atoms with Crippen molar-refractivity contribution in [3.8, 4) is 0 Å². The van der Waals surface area contributed by atoms with Gasteiger partial charge in [-0.25, -0.2) is 8.42 Å². The predicted molar refractivity (Wildman–Crippen MR) is 117 cm³/mol. The summed E-state index contributed by atoms with van der Waals surface area (Å²) in [7, 11) is -3.45. The van der Waals surface area contributed by atoms with Crippen molar-refractivity contribution in [2.24, 2.45) is 0 Å². The van der Waals surface area contributed by atoms with E-state index >= 15 is 0 Å². The molecule has 0 bridgehead atoms. The predicted octanol–water partition coefficient (Wildman–Crippen LogP) is 4.50. The van der Waals surface area contributed by atoms with Gasteiger partial charge < -0.3 is 4.90 Å². The quantitative estimate of drug-likeness (QED) is 0.742. The van der Waals surface area contributed by atoms with E-state index in [9.17, 15) is 8.42 Å². The minimum Gasteiger partial charge on any atom is -0.368 e. The fourth-order valence-electron chi connectivity index (χ4n) is 3.89. The molecule has 28 heavy (non-hydrogen) atoms. The van der Waals surface area contributed by atoms with Crippen LogP contribution in [0.3, 0.4) is 0 Å². The molecule has 0 amide bonds. The van der Waals surface area contributed by atoms with Gasteiger partial charge in [-0.2, -0.15) is 4.31 Å². The zero-order valence-corrected chi connectivity index (χ0v) is 18.5. The van der Waals surface area contributed by atoms with Gasteiger partial charge in [0.05, 0.1) is 4.90 Å². The summed E-state index contributed by atoms with van der Waals surface area (Å²) in [6.45, 7) is 13.2. The third-order valence-electron chi connectivity index (χ3n) is 6.15. The Labute approximate surface area is 170 Å². The lowest BCUT2D eigenvalue weighted by Gasteiger charge is -2.37.